The van der Waals surface area contributed by atoms with E-state index in [1.54, 1.807) is 0 Å². The fraction of sp³-hybridized carbons (Fsp3) is 0. The fourth-order valence-electron chi connectivity index (χ4n) is 0.128. The zero-order valence-electron chi connectivity index (χ0n) is 5.21. The van der Waals surface area contributed by atoms with Crippen molar-refractivity contribution in [3.8, 4) is 0 Å². The molecule has 0 unspecified atom stereocenters. The Kier molecular flexibility index (Phi) is 14.4. The van der Waals surface area contributed by atoms with Crippen LogP contribution in [0.15, 0.2) is 0 Å². The van der Waals surface area contributed by atoms with Crippen LogP contribution in [0.2, 0.25) is 0 Å². The average Bonchev–Trinajstić information content (AvgIpc) is 1.97. The molecule has 0 aromatic carbocycles. The van der Waals surface area contributed by atoms with Crippen LogP contribution in [0.3, 0.4) is 0 Å². The second-order valence-corrected chi connectivity index (χ2v) is 20.6. The maximum atomic E-state index is 9.95. The van der Waals surface area contributed by atoms with Crippen molar-refractivity contribution >= 4 is 59.5 Å². The molecule has 0 heterocycles. The molecule has 0 aromatic rings. The normalized spacial score (nSPS) is 8.42. The van der Waals surface area contributed by atoms with Crippen LogP contribution >= 0.6 is 8.65 Å². The van der Waals surface area contributed by atoms with Gasteiger partial charge in [0.25, 0.3) is 0 Å². The Morgan fingerprint density at radius 1 is 1.50 bits per heavy atom. The van der Waals surface area contributed by atoms with Crippen LogP contribution in [0, 0.1) is 0 Å². The second-order valence-electron chi connectivity index (χ2n) is 0.896. The Bertz CT molecular complexity index is 232. The van der Waals surface area contributed by atoms with Gasteiger partial charge in [-0.25, -0.2) is 0 Å². The first-order chi connectivity index (χ1) is 5.16. The van der Waals surface area contributed by atoms with E-state index in [9.17, 15) is 8.42 Å². The third kappa shape index (κ3) is 11.6. The van der Waals surface area contributed by atoms with Crippen LogP contribution < -0.4 is 0 Å². The number of hydrogen-bond acceptors (Lipinski definition) is 8. The van der Waals surface area contributed by atoms with Gasteiger partial charge in [0.05, 0.1) is 0 Å². The molecule has 0 atom stereocenters. The summed E-state index contributed by atoms with van der Waals surface area (Å²) in [7, 11) is 4.55. The van der Waals surface area contributed by atoms with Gasteiger partial charge in [-0.15, -0.1) is 0 Å². The van der Waals surface area contributed by atoms with Crippen molar-refractivity contribution in [2.45, 2.75) is 0 Å². The predicted octanol–water partition coefficient (Wildman–Crippen LogP) is -1.87. The third-order valence-electron chi connectivity index (χ3n) is 0.326. The van der Waals surface area contributed by atoms with E-state index < -0.39 is 50.9 Å². The number of rotatable bonds is 5. The summed E-state index contributed by atoms with van der Waals surface area (Å²) >= 11 is -5.28. The third-order valence-corrected chi connectivity index (χ3v) is 25.8. The Hall–Kier alpha value is 1.64. The first kappa shape index (κ1) is 16.1. The van der Waals surface area contributed by atoms with Gasteiger partial charge < -0.3 is 5.48 Å². The summed E-state index contributed by atoms with van der Waals surface area (Å²) < 4.78 is 28.7. The van der Waals surface area contributed by atoms with Crippen LogP contribution in [0.5, 0.6) is 0 Å². The van der Waals surface area contributed by atoms with Gasteiger partial charge in [0, 0.05) is 0 Å². The van der Waals surface area contributed by atoms with Gasteiger partial charge in [0.1, 0.15) is 0 Å². The monoisotopic (exact) mass is 611 g/mol. The van der Waals surface area contributed by atoms with E-state index in [4.69, 9.17) is 5.26 Å². The van der Waals surface area contributed by atoms with Crippen LogP contribution in [0.1, 0.15) is 0 Å². The molecule has 0 spiro atoms. The zero-order chi connectivity index (χ0) is 8.69. The molecule has 8 nitrogen and oxygen atoms in total. The summed E-state index contributed by atoms with van der Waals surface area (Å²) in [4.78, 5) is 0. The van der Waals surface area contributed by atoms with E-state index in [1.165, 1.54) is 0 Å². The molecule has 12 heteroatoms. The Morgan fingerprint density at radius 2 is 2.08 bits per heavy atom. The minimum absolute atomic E-state index is 0. The topological polar surface area (TPSA) is 123 Å². The van der Waals surface area contributed by atoms with E-state index in [0.717, 1.165) is 0 Å². The van der Waals surface area contributed by atoms with E-state index in [1.807, 2.05) is 0 Å². The summed E-state index contributed by atoms with van der Waals surface area (Å²) in [6.45, 7) is -2.12. The SMILES string of the molecule is O.O=[S](=O)=[Pb][O][Pb](=[S])[O]OOO. The van der Waals surface area contributed by atoms with E-state index in [0.29, 0.717) is 0 Å². The molecule has 0 fully saturated rings. The molecule has 12 heavy (non-hydrogen) atoms. The van der Waals surface area contributed by atoms with Gasteiger partial charge in [-0.1, -0.05) is 0 Å². The quantitative estimate of drug-likeness (QED) is 0.219. The van der Waals surface area contributed by atoms with Crippen LogP contribution in [-0.2, 0) is 20.3 Å². The summed E-state index contributed by atoms with van der Waals surface area (Å²) in [5, 5.41) is 14.2. The van der Waals surface area contributed by atoms with Crippen LogP contribution in [0.4, 0.5) is 0 Å². The van der Waals surface area contributed by atoms with Crippen molar-refractivity contribution in [2.24, 2.45) is 0 Å². The van der Waals surface area contributed by atoms with Crippen molar-refractivity contribution in [3.05, 3.63) is 0 Å². The van der Waals surface area contributed by atoms with Crippen LogP contribution in [-0.4, -0.2) is 63.3 Å². The van der Waals surface area contributed by atoms with Gasteiger partial charge in [0.2, 0.25) is 0 Å². The molecular weight excluding hydrogens is 607 g/mol. The molecule has 1 radical (unpaired) electrons. The first-order valence-corrected chi connectivity index (χ1v) is 17.6. The molecule has 0 aliphatic rings. The zero-order valence-corrected chi connectivity index (χ0v) is 14.6. The van der Waals surface area contributed by atoms with Gasteiger partial charge in [-0.3, -0.25) is 0 Å². The minimum atomic E-state index is -3.16. The Morgan fingerprint density at radius 3 is 2.50 bits per heavy atom. The fourth-order valence-corrected chi connectivity index (χ4v) is 25.5. The second kappa shape index (κ2) is 10.7. The molecule has 0 aliphatic carbocycles. The molecular formula is H3O8Pb2S2. The first-order valence-electron chi connectivity index (χ1n) is 1.87. The van der Waals surface area contributed by atoms with Crippen molar-refractivity contribution in [1.82, 2.24) is 0 Å². The molecule has 0 saturated carbocycles. The van der Waals surface area contributed by atoms with Gasteiger partial charge in [-0.2, -0.15) is 0 Å². The molecule has 0 bridgehead atoms. The molecule has 0 aromatic heterocycles. The predicted molar refractivity (Wildman–Crippen MR) is 38.6 cm³/mol. The summed E-state index contributed by atoms with van der Waals surface area (Å²) in [6, 6.07) is 0. The van der Waals surface area contributed by atoms with Crippen molar-refractivity contribution < 1.29 is 32.7 Å². The van der Waals surface area contributed by atoms with Crippen molar-refractivity contribution in [3.63, 3.8) is 0 Å². The molecule has 0 amide bonds. The Labute approximate surface area is 91.0 Å². The van der Waals surface area contributed by atoms with E-state index in [2.05, 4.69) is 22.2 Å². The van der Waals surface area contributed by atoms with Crippen LogP contribution in [0.25, 0.3) is 0 Å². The molecule has 71 valence electrons. The van der Waals surface area contributed by atoms with Gasteiger partial charge in [0.15, 0.2) is 0 Å². The summed E-state index contributed by atoms with van der Waals surface area (Å²) in [5.41, 5.74) is 0. The van der Waals surface area contributed by atoms with E-state index in [-0.39, 0.29) is 5.48 Å². The Balaban J connectivity index is 0. The molecule has 3 N–H and O–H groups in total. The standard InChI is InChI=1S/H2O4.O2S.H2O.O.2Pb.S/c1-3-4-2;1-3-2;;;;;/h1-2H;;1H2;;;;/q;;;;;+1;/p-1. The molecule has 0 saturated heterocycles. The average molecular weight is 610 g/mol. The van der Waals surface area contributed by atoms with Crippen molar-refractivity contribution in [2.75, 3.05) is 0 Å². The molecule has 0 aliphatic heterocycles. The van der Waals surface area contributed by atoms with E-state index >= 15 is 0 Å². The summed E-state index contributed by atoms with van der Waals surface area (Å²) in [5.74, 6) is 0. The van der Waals surface area contributed by atoms with Gasteiger partial charge in [-0.05, 0) is 0 Å². The number of hydrogen-bond donors (Lipinski definition) is 1. The molecule has 0 rings (SSSR count). The maximum absolute atomic E-state index is 9.95. The summed E-state index contributed by atoms with van der Waals surface area (Å²) in [6.07, 6.45) is 0. The van der Waals surface area contributed by atoms with Crippen molar-refractivity contribution in [1.29, 1.82) is 0 Å². The van der Waals surface area contributed by atoms with Gasteiger partial charge >= 0.3 is 86.7 Å².